The zero-order valence-electron chi connectivity index (χ0n) is 23.5. The molecule has 1 aromatic heterocycles. The van der Waals surface area contributed by atoms with E-state index in [0.29, 0.717) is 0 Å². The number of fused-ring (bicyclic) bond motifs is 5. The quantitative estimate of drug-likeness (QED) is 0.205. The van der Waals surface area contributed by atoms with E-state index in [1.165, 1.54) is 0 Å². The van der Waals surface area contributed by atoms with Gasteiger partial charge in [0.1, 0.15) is 11.3 Å². The molecule has 0 spiro atoms. The van der Waals surface area contributed by atoms with Crippen LogP contribution in [-0.4, -0.2) is 0 Å². The molecule has 0 aliphatic carbocycles. The third-order valence-electron chi connectivity index (χ3n) is 8.01. The first-order chi connectivity index (χ1) is 21.4. The standard InChI is InChI=1S/C40H28N2O/c1-5-16-30(17-6-1)41(31-18-7-2-8-19-31)37-28-27-36-35-26-25-29-15-13-14-24-34(29)39(35)43-40(36)38(37)42(32-20-9-3-10-21-32)33-22-11-4-12-23-33/h1-28H. The van der Waals surface area contributed by atoms with Crippen molar-refractivity contribution >= 4 is 66.8 Å². The summed E-state index contributed by atoms with van der Waals surface area (Å²) >= 11 is 0. The van der Waals surface area contributed by atoms with Gasteiger partial charge in [-0.15, -0.1) is 0 Å². The fourth-order valence-corrected chi connectivity index (χ4v) is 6.08. The van der Waals surface area contributed by atoms with Crippen molar-refractivity contribution in [3.8, 4) is 0 Å². The lowest BCUT2D eigenvalue weighted by molar-refractivity contribution is 0.673. The third-order valence-corrected chi connectivity index (χ3v) is 8.01. The zero-order valence-corrected chi connectivity index (χ0v) is 23.5. The molecule has 0 aliphatic heterocycles. The Morgan fingerprint density at radius 1 is 0.326 bits per heavy atom. The zero-order chi connectivity index (χ0) is 28.6. The molecule has 7 aromatic carbocycles. The largest absolute Gasteiger partial charge is 0.453 e. The molecule has 3 nitrogen and oxygen atoms in total. The number of anilines is 6. The summed E-state index contributed by atoms with van der Waals surface area (Å²) in [5.74, 6) is 0. The van der Waals surface area contributed by atoms with E-state index in [2.05, 4.69) is 180 Å². The number of hydrogen-bond acceptors (Lipinski definition) is 3. The van der Waals surface area contributed by atoms with E-state index in [4.69, 9.17) is 4.42 Å². The van der Waals surface area contributed by atoms with Crippen molar-refractivity contribution in [2.24, 2.45) is 0 Å². The Balaban J connectivity index is 1.53. The fourth-order valence-electron chi connectivity index (χ4n) is 6.08. The molecule has 0 bridgehead atoms. The van der Waals surface area contributed by atoms with Gasteiger partial charge in [-0.1, -0.05) is 103 Å². The summed E-state index contributed by atoms with van der Waals surface area (Å²) in [5, 5.41) is 4.46. The Labute approximate surface area is 250 Å². The van der Waals surface area contributed by atoms with Crippen LogP contribution in [0.1, 0.15) is 0 Å². The Morgan fingerprint density at radius 2 is 0.767 bits per heavy atom. The number of hydrogen-bond donors (Lipinski definition) is 0. The van der Waals surface area contributed by atoms with E-state index in [1.54, 1.807) is 0 Å². The van der Waals surface area contributed by atoms with Crippen LogP contribution in [-0.2, 0) is 0 Å². The molecular weight excluding hydrogens is 524 g/mol. The van der Waals surface area contributed by atoms with Gasteiger partial charge >= 0.3 is 0 Å². The van der Waals surface area contributed by atoms with Gasteiger partial charge in [-0.25, -0.2) is 0 Å². The molecule has 0 aliphatic rings. The van der Waals surface area contributed by atoms with Crippen LogP contribution < -0.4 is 9.80 Å². The molecule has 1 heterocycles. The minimum absolute atomic E-state index is 0.841. The number of furan rings is 1. The van der Waals surface area contributed by atoms with Crippen LogP contribution in [0.5, 0.6) is 0 Å². The second kappa shape index (κ2) is 10.6. The maximum Gasteiger partial charge on any atom is 0.161 e. The maximum atomic E-state index is 7.02. The lowest BCUT2D eigenvalue weighted by Crippen LogP contribution is -2.17. The first-order valence-electron chi connectivity index (χ1n) is 14.5. The van der Waals surface area contributed by atoms with Gasteiger partial charge in [-0.3, -0.25) is 0 Å². The Kier molecular flexibility index (Phi) is 6.12. The summed E-state index contributed by atoms with van der Waals surface area (Å²) in [6.07, 6.45) is 0. The van der Waals surface area contributed by atoms with Crippen LogP contribution >= 0.6 is 0 Å². The van der Waals surface area contributed by atoms with Gasteiger partial charge in [0.25, 0.3) is 0 Å². The van der Waals surface area contributed by atoms with Crippen molar-refractivity contribution in [3.05, 3.63) is 170 Å². The Morgan fingerprint density at radius 3 is 1.33 bits per heavy atom. The summed E-state index contributed by atoms with van der Waals surface area (Å²) in [6, 6.07) is 59.4. The van der Waals surface area contributed by atoms with Gasteiger partial charge in [0, 0.05) is 38.9 Å². The molecule has 0 N–H and O–H groups in total. The highest BCUT2D eigenvalue weighted by Gasteiger charge is 2.27. The minimum Gasteiger partial charge on any atom is -0.453 e. The number of para-hydroxylation sites is 4. The summed E-state index contributed by atoms with van der Waals surface area (Å²) in [5.41, 5.74) is 7.97. The van der Waals surface area contributed by atoms with Crippen molar-refractivity contribution in [1.29, 1.82) is 0 Å². The number of rotatable bonds is 6. The molecule has 8 rings (SSSR count). The van der Waals surface area contributed by atoms with Gasteiger partial charge < -0.3 is 14.2 Å². The molecule has 0 saturated carbocycles. The number of benzene rings is 7. The van der Waals surface area contributed by atoms with E-state index in [0.717, 1.165) is 66.8 Å². The summed E-state index contributed by atoms with van der Waals surface area (Å²) in [6.45, 7) is 0. The highest BCUT2D eigenvalue weighted by atomic mass is 16.3. The topological polar surface area (TPSA) is 19.6 Å². The van der Waals surface area contributed by atoms with Crippen molar-refractivity contribution < 1.29 is 4.42 Å². The smallest absolute Gasteiger partial charge is 0.161 e. The van der Waals surface area contributed by atoms with Gasteiger partial charge in [0.2, 0.25) is 0 Å². The molecule has 0 amide bonds. The van der Waals surface area contributed by atoms with Crippen molar-refractivity contribution in [1.82, 2.24) is 0 Å². The summed E-state index contributed by atoms with van der Waals surface area (Å²) < 4.78 is 7.02. The van der Waals surface area contributed by atoms with Crippen LogP contribution in [0.15, 0.2) is 174 Å². The average Bonchev–Trinajstić information content (AvgIpc) is 3.47. The van der Waals surface area contributed by atoms with Crippen LogP contribution in [0.2, 0.25) is 0 Å². The minimum atomic E-state index is 0.841. The molecule has 0 fully saturated rings. The van der Waals surface area contributed by atoms with Crippen LogP contribution in [0.3, 0.4) is 0 Å². The summed E-state index contributed by atoms with van der Waals surface area (Å²) in [7, 11) is 0. The van der Waals surface area contributed by atoms with E-state index in [9.17, 15) is 0 Å². The molecule has 43 heavy (non-hydrogen) atoms. The Hall–Kier alpha value is -5.80. The third kappa shape index (κ3) is 4.30. The van der Waals surface area contributed by atoms with E-state index in [-0.39, 0.29) is 0 Å². The normalized spacial score (nSPS) is 11.3. The van der Waals surface area contributed by atoms with Crippen LogP contribution in [0.4, 0.5) is 34.1 Å². The van der Waals surface area contributed by atoms with E-state index >= 15 is 0 Å². The van der Waals surface area contributed by atoms with Gasteiger partial charge in [0.15, 0.2) is 5.58 Å². The van der Waals surface area contributed by atoms with Gasteiger partial charge in [-0.2, -0.15) is 0 Å². The van der Waals surface area contributed by atoms with Crippen molar-refractivity contribution in [3.63, 3.8) is 0 Å². The highest BCUT2D eigenvalue weighted by molar-refractivity contribution is 6.19. The predicted molar refractivity (Wildman–Crippen MR) is 181 cm³/mol. The molecular formula is C40H28N2O. The van der Waals surface area contributed by atoms with Crippen LogP contribution in [0, 0.1) is 0 Å². The van der Waals surface area contributed by atoms with Crippen LogP contribution in [0.25, 0.3) is 32.7 Å². The molecule has 0 saturated heterocycles. The van der Waals surface area contributed by atoms with Gasteiger partial charge in [-0.05, 0) is 72.1 Å². The van der Waals surface area contributed by atoms with E-state index in [1.807, 2.05) is 0 Å². The SMILES string of the molecule is c1ccc(N(c2ccccc2)c2ccc3c(oc4c5ccccc5ccc34)c2N(c2ccccc2)c2ccccc2)cc1. The first-order valence-corrected chi connectivity index (χ1v) is 14.5. The molecule has 3 heteroatoms. The second-order valence-corrected chi connectivity index (χ2v) is 10.6. The molecule has 0 atom stereocenters. The highest BCUT2D eigenvalue weighted by Crippen LogP contribution is 2.51. The lowest BCUT2D eigenvalue weighted by atomic mass is 10.0. The molecule has 0 radical (unpaired) electrons. The second-order valence-electron chi connectivity index (χ2n) is 10.6. The van der Waals surface area contributed by atoms with Crippen molar-refractivity contribution in [2.45, 2.75) is 0 Å². The van der Waals surface area contributed by atoms with E-state index < -0.39 is 0 Å². The van der Waals surface area contributed by atoms with Crippen molar-refractivity contribution in [2.75, 3.05) is 9.80 Å². The fraction of sp³-hybridized carbons (Fsp3) is 0. The maximum absolute atomic E-state index is 7.02. The summed E-state index contributed by atoms with van der Waals surface area (Å²) in [4.78, 5) is 4.64. The number of nitrogens with zero attached hydrogens (tertiary/aromatic N) is 2. The average molecular weight is 553 g/mol. The van der Waals surface area contributed by atoms with Gasteiger partial charge in [0.05, 0.1) is 5.69 Å². The monoisotopic (exact) mass is 552 g/mol. The first kappa shape index (κ1) is 25.0. The molecule has 0 unspecified atom stereocenters. The predicted octanol–water partition coefficient (Wildman–Crippen LogP) is 11.7. The molecule has 8 aromatic rings. The Bertz CT molecular complexity index is 2090. The molecule has 204 valence electrons. The lowest BCUT2D eigenvalue weighted by Gasteiger charge is -2.33.